The Labute approximate surface area is 76.3 Å². The van der Waals surface area contributed by atoms with Crippen LogP contribution in [0.3, 0.4) is 0 Å². The molecule has 64 valence electrons. The van der Waals surface area contributed by atoms with Crippen molar-refractivity contribution in [1.82, 2.24) is 5.32 Å². The first-order chi connectivity index (χ1) is 5.73. The van der Waals surface area contributed by atoms with Gasteiger partial charge in [0.2, 0.25) is 5.06 Å². The Morgan fingerprint density at radius 2 is 2.17 bits per heavy atom. The van der Waals surface area contributed by atoms with Gasteiger partial charge in [0.05, 0.1) is 4.90 Å². The van der Waals surface area contributed by atoms with Crippen LogP contribution in [0.15, 0.2) is 29.2 Å². The summed E-state index contributed by atoms with van der Waals surface area (Å²) in [5.74, 6) is 0.972. The minimum Gasteiger partial charge on any atom is -0.462 e. The van der Waals surface area contributed by atoms with Crippen LogP contribution in [0.5, 0.6) is 5.75 Å². The zero-order valence-electron chi connectivity index (χ0n) is 7.13. The van der Waals surface area contributed by atoms with Crippen LogP contribution in [0.25, 0.3) is 0 Å². The molecule has 1 aliphatic heterocycles. The highest BCUT2D eigenvalue weighted by Gasteiger charge is 2.33. The SMILES string of the molecule is CNC1(C)Oc2ccccc2S1. The largest absolute Gasteiger partial charge is 0.462 e. The Morgan fingerprint density at radius 1 is 1.42 bits per heavy atom. The summed E-state index contributed by atoms with van der Waals surface area (Å²) in [6.07, 6.45) is 0. The molecule has 0 saturated heterocycles. The van der Waals surface area contributed by atoms with E-state index in [0.29, 0.717) is 0 Å². The number of hydrogen-bond acceptors (Lipinski definition) is 3. The second kappa shape index (κ2) is 2.68. The van der Waals surface area contributed by atoms with Crippen LogP contribution in [0, 0.1) is 0 Å². The van der Waals surface area contributed by atoms with E-state index in [1.165, 1.54) is 4.90 Å². The minimum absolute atomic E-state index is 0.288. The van der Waals surface area contributed by atoms with E-state index in [2.05, 4.69) is 11.4 Å². The molecule has 0 aliphatic carbocycles. The molecular weight excluding hydrogens is 170 g/mol. The number of hydrogen-bond donors (Lipinski definition) is 1. The summed E-state index contributed by atoms with van der Waals surface area (Å²) >= 11 is 1.71. The van der Waals surface area contributed by atoms with Gasteiger partial charge in [0.1, 0.15) is 5.75 Å². The molecule has 1 unspecified atom stereocenters. The van der Waals surface area contributed by atoms with E-state index >= 15 is 0 Å². The predicted molar refractivity (Wildman–Crippen MR) is 50.4 cm³/mol. The van der Waals surface area contributed by atoms with E-state index in [1.54, 1.807) is 11.8 Å². The fourth-order valence-corrected chi connectivity index (χ4v) is 2.17. The van der Waals surface area contributed by atoms with Gasteiger partial charge in [0.15, 0.2) is 0 Å². The van der Waals surface area contributed by atoms with Crippen LogP contribution >= 0.6 is 11.8 Å². The molecule has 12 heavy (non-hydrogen) atoms. The van der Waals surface area contributed by atoms with E-state index in [0.717, 1.165) is 5.75 Å². The Kier molecular flexibility index (Phi) is 1.77. The van der Waals surface area contributed by atoms with Crippen molar-refractivity contribution in [3.8, 4) is 5.75 Å². The van der Waals surface area contributed by atoms with E-state index in [-0.39, 0.29) is 5.06 Å². The molecule has 3 heteroatoms. The van der Waals surface area contributed by atoms with Crippen molar-refractivity contribution < 1.29 is 4.74 Å². The molecule has 0 bridgehead atoms. The van der Waals surface area contributed by atoms with Gasteiger partial charge in [-0.3, -0.25) is 5.32 Å². The first kappa shape index (κ1) is 7.95. The Morgan fingerprint density at radius 3 is 2.83 bits per heavy atom. The number of benzene rings is 1. The highest BCUT2D eigenvalue weighted by Crippen LogP contribution is 2.45. The fourth-order valence-electron chi connectivity index (χ4n) is 1.16. The third-order valence-corrected chi connectivity index (χ3v) is 3.15. The zero-order valence-corrected chi connectivity index (χ0v) is 7.94. The highest BCUT2D eigenvalue weighted by atomic mass is 32.2. The van der Waals surface area contributed by atoms with Gasteiger partial charge in [-0.15, -0.1) is 0 Å². The molecule has 1 atom stereocenters. The maximum Gasteiger partial charge on any atom is 0.210 e. The second-order valence-corrected chi connectivity index (χ2v) is 4.27. The summed E-state index contributed by atoms with van der Waals surface area (Å²) in [7, 11) is 1.90. The Hall–Kier alpha value is -0.670. The molecule has 1 aliphatic rings. The average Bonchev–Trinajstić information content (AvgIpc) is 2.42. The van der Waals surface area contributed by atoms with E-state index < -0.39 is 0 Å². The van der Waals surface area contributed by atoms with Crippen molar-refractivity contribution in [2.75, 3.05) is 7.05 Å². The van der Waals surface area contributed by atoms with Gasteiger partial charge in [-0.05, 0) is 19.2 Å². The van der Waals surface area contributed by atoms with E-state index in [4.69, 9.17) is 4.74 Å². The zero-order chi connectivity index (χ0) is 8.60. The topological polar surface area (TPSA) is 21.3 Å². The number of nitrogens with one attached hydrogen (secondary N) is 1. The molecule has 1 aromatic rings. The van der Waals surface area contributed by atoms with E-state index in [1.807, 2.05) is 32.2 Å². The Balaban J connectivity index is 2.33. The summed E-state index contributed by atoms with van der Waals surface area (Å²) in [5.41, 5.74) is 0. The van der Waals surface area contributed by atoms with Crippen LogP contribution in [-0.2, 0) is 0 Å². The smallest absolute Gasteiger partial charge is 0.210 e. The number of para-hydroxylation sites is 1. The fraction of sp³-hybridized carbons (Fsp3) is 0.333. The average molecular weight is 181 g/mol. The molecule has 0 amide bonds. The standard InChI is InChI=1S/C9H11NOS/c1-9(10-2)11-7-5-3-4-6-8(7)12-9/h3-6,10H,1-2H3. The van der Waals surface area contributed by atoms with Gasteiger partial charge in [-0.1, -0.05) is 23.9 Å². The molecule has 0 saturated carbocycles. The first-order valence-electron chi connectivity index (χ1n) is 3.89. The van der Waals surface area contributed by atoms with Gasteiger partial charge >= 0.3 is 0 Å². The van der Waals surface area contributed by atoms with Gasteiger partial charge in [-0.2, -0.15) is 0 Å². The molecule has 0 spiro atoms. The van der Waals surface area contributed by atoms with Crippen molar-refractivity contribution in [3.63, 3.8) is 0 Å². The molecule has 1 N–H and O–H groups in total. The van der Waals surface area contributed by atoms with Gasteiger partial charge in [0.25, 0.3) is 0 Å². The minimum atomic E-state index is -0.288. The van der Waals surface area contributed by atoms with Crippen LogP contribution in [0.2, 0.25) is 0 Å². The maximum atomic E-state index is 5.70. The maximum absolute atomic E-state index is 5.70. The van der Waals surface area contributed by atoms with Crippen LogP contribution in [-0.4, -0.2) is 12.1 Å². The van der Waals surface area contributed by atoms with Gasteiger partial charge in [-0.25, -0.2) is 0 Å². The molecule has 2 nitrogen and oxygen atoms in total. The van der Waals surface area contributed by atoms with Gasteiger partial charge < -0.3 is 4.74 Å². The molecule has 2 rings (SSSR count). The predicted octanol–water partition coefficient (Wildman–Crippen LogP) is 2.06. The molecule has 1 aromatic carbocycles. The lowest BCUT2D eigenvalue weighted by Gasteiger charge is -2.21. The lowest BCUT2D eigenvalue weighted by Crippen LogP contribution is -2.39. The molecule has 0 fully saturated rings. The van der Waals surface area contributed by atoms with Crippen LogP contribution in [0.1, 0.15) is 6.92 Å². The summed E-state index contributed by atoms with van der Waals surface area (Å²) < 4.78 is 5.70. The lowest BCUT2D eigenvalue weighted by molar-refractivity contribution is 0.165. The number of thioether (sulfide) groups is 1. The third kappa shape index (κ3) is 1.19. The van der Waals surface area contributed by atoms with Crippen molar-refractivity contribution in [2.45, 2.75) is 16.9 Å². The van der Waals surface area contributed by atoms with Crippen LogP contribution in [0.4, 0.5) is 0 Å². The highest BCUT2D eigenvalue weighted by molar-refractivity contribution is 8.00. The first-order valence-corrected chi connectivity index (χ1v) is 4.71. The third-order valence-electron chi connectivity index (χ3n) is 1.91. The number of ether oxygens (including phenoxy) is 1. The lowest BCUT2D eigenvalue weighted by atomic mass is 10.3. The monoisotopic (exact) mass is 181 g/mol. The number of fused-ring (bicyclic) bond motifs is 1. The van der Waals surface area contributed by atoms with Crippen molar-refractivity contribution in [2.24, 2.45) is 0 Å². The van der Waals surface area contributed by atoms with Crippen molar-refractivity contribution in [1.29, 1.82) is 0 Å². The summed E-state index contributed by atoms with van der Waals surface area (Å²) in [6.45, 7) is 2.03. The van der Waals surface area contributed by atoms with Crippen LogP contribution < -0.4 is 10.1 Å². The molecule has 0 radical (unpaired) electrons. The number of rotatable bonds is 1. The normalized spacial score (nSPS) is 26.5. The summed E-state index contributed by atoms with van der Waals surface area (Å²) in [4.78, 5) is 1.20. The van der Waals surface area contributed by atoms with Crippen molar-refractivity contribution in [3.05, 3.63) is 24.3 Å². The summed E-state index contributed by atoms with van der Waals surface area (Å²) in [5, 5.41) is 2.84. The van der Waals surface area contributed by atoms with E-state index in [9.17, 15) is 0 Å². The quantitative estimate of drug-likeness (QED) is 0.716. The second-order valence-electron chi connectivity index (χ2n) is 2.85. The van der Waals surface area contributed by atoms with Gasteiger partial charge in [0, 0.05) is 6.92 Å². The molecule has 0 aromatic heterocycles. The summed E-state index contributed by atoms with van der Waals surface area (Å²) in [6, 6.07) is 8.07. The molecule has 1 heterocycles. The van der Waals surface area contributed by atoms with Crippen molar-refractivity contribution >= 4 is 11.8 Å². The molecular formula is C9H11NOS. The Bertz CT molecular complexity index is 275.